The molecule has 34 heavy (non-hydrogen) atoms. The molecular formula is C23H23ClF2N8. The summed E-state index contributed by atoms with van der Waals surface area (Å²) in [4.78, 5) is 14.8. The number of fused-ring (bicyclic) bond motifs is 1. The highest BCUT2D eigenvalue weighted by molar-refractivity contribution is 6.37. The van der Waals surface area contributed by atoms with Gasteiger partial charge in [0, 0.05) is 36.8 Å². The van der Waals surface area contributed by atoms with Gasteiger partial charge in [0.2, 0.25) is 0 Å². The van der Waals surface area contributed by atoms with Crippen LogP contribution in [-0.2, 0) is 5.41 Å². The quantitative estimate of drug-likeness (QED) is 0.407. The van der Waals surface area contributed by atoms with Gasteiger partial charge in [-0.1, -0.05) is 23.7 Å². The highest BCUT2D eigenvalue weighted by Gasteiger charge is 2.66. The summed E-state index contributed by atoms with van der Waals surface area (Å²) in [5, 5.41) is 8.62. The summed E-state index contributed by atoms with van der Waals surface area (Å²) in [5.74, 6) is -0.727. The summed E-state index contributed by atoms with van der Waals surface area (Å²) in [6.07, 6.45) is 3.76. The zero-order valence-electron chi connectivity index (χ0n) is 18.1. The van der Waals surface area contributed by atoms with E-state index in [9.17, 15) is 8.78 Å². The van der Waals surface area contributed by atoms with Crippen molar-refractivity contribution in [2.75, 3.05) is 36.0 Å². The zero-order valence-corrected chi connectivity index (χ0v) is 18.9. The first-order chi connectivity index (χ1) is 16.3. The minimum absolute atomic E-state index is 0.0136. The van der Waals surface area contributed by atoms with Crippen LogP contribution in [0.3, 0.4) is 0 Å². The number of nitrogens with zero attached hydrogens (tertiary/aromatic N) is 4. The van der Waals surface area contributed by atoms with Crippen LogP contribution >= 0.6 is 11.6 Å². The lowest BCUT2D eigenvalue weighted by atomic mass is 9.90. The molecule has 0 bridgehead atoms. The molecule has 8 nitrogen and oxygen atoms in total. The fourth-order valence-electron chi connectivity index (χ4n) is 5.38. The predicted molar refractivity (Wildman–Crippen MR) is 127 cm³/mol. The van der Waals surface area contributed by atoms with Gasteiger partial charge in [0.05, 0.1) is 16.9 Å². The molecule has 1 saturated carbocycles. The standard InChI is InChI=1S/C23H23ClF2N8/c24-17-11(4-6-31-21(17)29)19(28)20-22(30)33-16(8-32-20)34-7-5-12-14(9-34)23(12,10-27)13-2-1-3-15(25)18(13)26/h1-4,6,8,12,14,28H,5,7,9-10,27H2,(H2,29,31)(H2,30,33)/t12-,14+,23-/m1/s1. The van der Waals surface area contributed by atoms with Crippen LogP contribution in [0.1, 0.15) is 23.2 Å². The second-order valence-corrected chi connectivity index (χ2v) is 9.07. The Morgan fingerprint density at radius 2 is 1.97 bits per heavy atom. The van der Waals surface area contributed by atoms with Gasteiger partial charge in [-0.15, -0.1) is 0 Å². The lowest BCUT2D eigenvalue weighted by Gasteiger charge is -2.27. The second kappa shape index (κ2) is 8.14. The predicted octanol–water partition coefficient (Wildman–Crippen LogP) is 2.74. The van der Waals surface area contributed by atoms with Crippen LogP contribution in [0.5, 0.6) is 0 Å². The summed E-state index contributed by atoms with van der Waals surface area (Å²) < 4.78 is 28.5. The molecule has 1 aliphatic carbocycles. The van der Waals surface area contributed by atoms with E-state index < -0.39 is 17.0 Å². The van der Waals surface area contributed by atoms with E-state index in [2.05, 4.69) is 15.0 Å². The summed E-state index contributed by atoms with van der Waals surface area (Å²) in [6, 6.07) is 5.83. The molecule has 2 fully saturated rings. The van der Waals surface area contributed by atoms with E-state index >= 15 is 0 Å². The molecule has 1 saturated heterocycles. The Morgan fingerprint density at radius 3 is 2.71 bits per heavy atom. The van der Waals surface area contributed by atoms with Crippen molar-refractivity contribution in [3.8, 4) is 0 Å². The normalized spacial score (nSPS) is 23.5. The first kappa shape index (κ1) is 22.4. The number of halogens is 3. The number of nitrogen functional groups attached to an aromatic ring is 2. The SMILES string of the molecule is N=C(c1ccnc(N)c1Cl)c1ncc(N2CC[C@@H]3[C@H](C2)[C@@]3(CN)c2cccc(F)c2F)nc1N. The van der Waals surface area contributed by atoms with Crippen LogP contribution in [0.15, 0.2) is 36.7 Å². The van der Waals surface area contributed by atoms with Crippen molar-refractivity contribution in [3.05, 3.63) is 70.1 Å². The van der Waals surface area contributed by atoms with E-state index in [-0.39, 0.29) is 46.4 Å². The van der Waals surface area contributed by atoms with Gasteiger partial charge in [-0.3, -0.25) is 5.41 Å². The number of hydrogen-bond donors (Lipinski definition) is 4. The van der Waals surface area contributed by atoms with E-state index in [1.165, 1.54) is 12.3 Å². The van der Waals surface area contributed by atoms with Crippen molar-refractivity contribution in [1.29, 1.82) is 5.41 Å². The third kappa shape index (κ3) is 3.28. The number of benzene rings is 1. The molecule has 3 heterocycles. The van der Waals surface area contributed by atoms with Crippen LogP contribution in [0, 0.1) is 28.9 Å². The number of piperidine rings is 1. The Bertz CT molecular complexity index is 1300. The smallest absolute Gasteiger partial charge is 0.162 e. The van der Waals surface area contributed by atoms with Gasteiger partial charge in [-0.2, -0.15) is 0 Å². The monoisotopic (exact) mass is 484 g/mol. The zero-order chi connectivity index (χ0) is 24.2. The van der Waals surface area contributed by atoms with Crippen molar-refractivity contribution in [2.24, 2.45) is 17.6 Å². The third-order valence-electron chi connectivity index (χ3n) is 7.15. The van der Waals surface area contributed by atoms with E-state index in [0.717, 1.165) is 12.5 Å². The number of aromatic nitrogens is 3. The minimum atomic E-state index is -0.862. The van der Waals surface area contributed by atoms with Crippen LogP contribution in [0.4, 0.5) is 26.2 Å². The van der Waals surface area contributed by atoms with Crippen molar-refractivity contribution in [3.63, 3.8) is 0 Å². The molecule has 3 atom stereocenters. The first-order valence-corrected chi connectivity index (χ1v) is 11.2. The molecule has 7 N–H and O–H groups in total. The summed E-state index contributed by atoms with van der Waals surface area (Å²) in [5.41, 5.74) is 18.3. The number of nitrogens with one attached hydrogen (secondary N) is 1. The molecule has 0 amide bonds. The number of hydrogen-bond acceptors (Lipinski definition) is 8. The first-order valence-electron chi connectivity index (χ1n) is 10.8. The maximum atomic E-state index is 14.6. The summed E-state index contributed by atoms with van der Waals surface area (Å²) in [6.45, 7) is 1.45. The topological polar surface area (TPSA) is 144 Å². The molecule has 5 rings (SSSR count). The molecule has 2 aromatic heterocycles. The van der Waals surface area contributed by atoms with Crippen molar-refractivity contribution in [2.45, 2.75) is 11.8 Å². The average Bonchev–Trinajstić information content (AvgIpc) is 3.49. The molecule has 3 aromatic rings. The van der Waals surface area contributed by atoms with Crippen molar-refractivity contribution in [1.82, 2.24) is 15.0 Å². The fourth-order valence-corrected chi connectivity index (χ4v) is 5.59. The number of pyridine rings is 1. The highest BCUT2D eigenvalue weighted by Crippen LogP contribution is 2.63. The maximum Gasteiger partial charge on any atom is 0.162 e. The number of nitrogens with two attached hydrogens (primary N) is 3. The number of anilines is 3. The van der Waals surface area contributed by atoms with Gasteiger partial charge in [0.15, 0.2) is 17.5 Å². The highest BCUT2D eigenvalue weighted by atomic mass is 35.5. The number of rotatable bonds is 5. The minimum Gasteiger partial charge on any atom is -0.382 e. The molecule has 1 aliphatic heterocycles. The largest absolute Gasteiger partial charge is 0.382 e. The summed E-state index contributed by atoms with van der Waals surface area (Å²) >= 11 is 6.19. The van der Waals surface area contributed by atoms with Crippen LogP contribution in [-0.4, -0.2) is 40.3 Å². The lowest BCUT2D eigenvalue weighted by Crippen LogP contribution is -2.33. The molecular weight excluding hydrogens is 462 g/mol. The molecule has 0 radical (unpaired) electrons. The third-order valence-corrected chi connectivity index (χ3v) is 7.55. The van der Waals surface area contributed by atoms with E-state index in [0.29, 0.717) is 30.0 Å². The Labute approximate surface area is 199 Å². The van der Waals surface area contributed by atoms with Crippen LogP contribution < -0.4 is 22.1 Å². The van der Waals surface area contributed by atoms with Crippen LogP contribution in [0.2, 0.25) is 5.02 Å². The van der Waals surface area contributed by atoms with Crippen LogP contribution in [0.25, 0.3) is 0 Å². The molecule has 0 unspecified atom stereocenters. The fraction of sp³-hybridized carbons (Fsp3) is 0.304. The molecule has 11 heteroatoms. The van der Waals surface area contributed by atoms with Gasteiger partial charge < -0.3 is 22.1 Å². The van der Waals surface area contributed by atoms with E-state index in [1.807, 2.05) is 4.90 Å². The van der Waals surface area contributed by atoms with Crippen molar-refractivity contribution >= 4 is 34.8 Å². The summed E-state index contributed by atoms with van der Waals surface area (Å²) in [7, 11) is 0. The van der Waals surface area contributed by atoms with E-state index in [4.69, 9.17) is 34.2 Å². The maximum absolute atomic E-state index is 14.6. The van der Waals surface area contributed by atoms with Gasteiger partial charge in [-0.05, 0) is 36.0 Å². The van der Waals surface area contributed by atoms with Gasteiger partial charge in [-0.25, -0.2) is 23.7 Å². The van der Waals surface area contributed by atoms with Gasteiger partial charge in [0.25, 0.3) is 0 Å². The van der Waals surface area contributed by atoms with Gasteiger partial charge in [0.1, 0.15) is 17.3 Å². The average molecular weight is 485 g/mol. The Kier molecular flexibility index (Phi) is 5.37. The molecule has 176 valence electrons. The second-order valence-electron chi connectivity index (χ2n) is 8.69. The Hall–Kier alpha value is -3.37. The Morgan fingerprint density at radius 1 is 1.18 bits per heavy atom. The van der Waals surface area contributed by atoms with Gasteiger partial charge >= 0.3 is 0 Å². The Balaban J connectivity index is 1.39. The van der Waals surface area contributed by atoms with Crippen molar-refractivity contribution < 1.29 is 8.78 Å². The lowest BCUT2D eigenvalue weighted by molar-refractivity contribution is 0.472. The van der Waals surface area contributed by atoms with E-state index in [1.54, 1.807) is 18.3 Å². The molecule has 1 aromatic carbocycles. The molecule has 2 aliphatic rings. The molecule has 0 spiro atoms.